The van der Waals surface area contributed by atoms with E-state index in [4.69, 9.17) is 0 Å². The van der Waals surface area contributed by atoms with Gasteiger partial charge in [0.25, 0.3) is 0 Å². The quantitative estimate of drug-likeness (QED) is 0.782. The highest BCUT2D eigenvalue weighted by atomic mass is 15.2. The van der Waals surface area contributed by atoms with E-state index in [0.717, 1.165) is 12.5 Å². The molecule has 1 saturated carbocycles. The van der Waals surface area contributed by atoms with Crippen molar-refractivity contribution in [3.05, 3.63) is 18.2 Å². The minimum absolute atomic E-state index is 0.689. The molecule has 1 aromatic rings. The van der Waals surface area contributed by atoms with Gasteiger partial charge in [0.05, 0.1) is 6.54 Å². The number of imidazole rings is 1. The summed E-state index contributed by atoms with van der Waals surface area (Å²) in [6.45, 7) is 3.31. The van der Waals surface area contributed by atoms with Gasteiger partial charge in [-0.25, -0.2) is 4.98 Å². The van der Waals surface area contributed by atoms with Crippen LogP contribution in [0, 0.1) is 5.92 Å². The van der Waals surface area contributed by atoms with Crippen LogP contribution in [0.2, 0.25) is 0 Å². The lowest BCUT2D eigenvalue weighted by atomic mass is 9.87. The minimum Gasteiger partial charge on any atom is -0.331 e. The van der Waals surface area contributed by atoms with Crippen molar-refractivity contribution >= 4 is 0 Å². The summed E-state index contributed by atoms with van der Waals surface area (Å²) in [6, 6.07) is 0.689. The third-order valence-corrected chi connectivity index (χ3v) is 3.59. The molecule has 1 aliphatic carbocycles. The Hall–Kier alpha value is -0.830. The molecule has 16 heavy (non-hydrogen) atoms. The van der Waals surface area contributed by atoms with Crippen LogP contribution in [-0.2, 0) is 6.54 Å². The molecule has 0 saturated heterocycles. The van der Waals surface area contributed by atoms with Gasteiger partial charge in [0.15, 0.2) is 0 Å². The molecule has 0 aliphatic heterocycles. The van der Waals surface area contributed by atoms with Crippen LogP contribution in [0.3, 0.4) is 0 Å². The fourth-order valence-electron chi connectivity index (χ4n) is 2.60. The minimum atomic E-state index is 0.689. The average Bonchev–Trinajstić information content (AvgIpc) is 2.66. The second-order valence-corrected chi connectivity index (χ2v) is 5.40. The molecule has 0 N–H and O–H groups in total. The number of hydrogen-bond acceptors (Lipinski definition) is 2. The predicted molar refractivity (Wildman–Crippen MR) is 66.3 cm³/mol. The van der Waals surface area contributed by atoms with Crippen LogP contribution in [0.5, 0.6) is 0 Å². The third-order valence-electron chi connectivity index (χ3n) is 3.59. The van der Waals surface area contributed by atoms with Crippen LogP contribution in [0.15, 0.2) is 12.4 Å². The lowest BCUT2D eigenvalue weighted by Crippen LogP contribution is -2.21. The van der Waals surface area contributed by atoms with Crippen molar-refractivity contribution in [2.24, 2.45) is 5.92 Å². The molecular weight excluding hydrogens is 198 g/mol. The van der Waals surface area contributed by atoms with E-state index in [1.54, 1.807) is 0 Å². The Balaban J connectivity index is 2.05. The van der Waals surface area contributed by atoms with Crippen LogP contribution >= 0.6 is 0 Å². The Morgan fingerprint density at radius 2 is 2.00 bits per heavy atom. The molecule has 90 valence electrons. The first kappa shape index (κ1) is 11.6. The number of rotatable bonds is 3. The Kier molecular flexibility index (Phi) is 3.64. The van der Waals surface area contributed by atoms with Crippen LogP contribution in [0.4, 0.5) is 0 Å². The number of hydrogen-bond donors (Lipinski definition) is 0. The third kappa shape index (κ3) is 2.64. The molecule has 0 radical (unpaired) electrons. The second-order valence-electron chi connectivity index (χ2n) is 5.40. The lowest BCUT2D eigenvalue weighted by molar-refractivity contribution is 0.276. The summed E-state index contributed by atoms with van der Waals surface area (Å²) < 4.78 is 2.39. The normalized spacial score (nSPS) is 26.2. The molecule has 3 nitrogen and oxygen atoms in total. The van der Waals surface area contributed by atoms with E-state index >= 15 is 0 Å². The van der Waals surface area contributed by atoms with Crippen molar-refractivity contribution in [1.82, 2.24) is 14.5 Å². The highest BCUT2D eigenvalue weighted by Crippen LogP contribution is 2.32. The number of aromatic nitrogens is 2. The Bertz CT molecular complexity index is 322. The maximum Gasteiger partial charge on any atom is 0.123 e. The Morgan fingerprint density at radius 3 is 2.62 bits per heavy atom. The average molecular weight is 221 g/mol. The fraction of sp³-hybridized carbons (Fsp3) is 0.769. The summed E-state index contributed by atoms with van der Waals surface area (Å²) in [5.41, 5.74) is 0. The Labute approximate surface area is 98.5 Å². The van der Waals surface area contributed by atoms with Crippen molar-refractivity contribution in [3.8, 4) is 0 Å². The van der Waals surface area contributed by atoms with Gasteiger partial charge in [0.2, 0.25) is 0 Å². The SMILES string of the molecule is CN(C)Cc1nccn1[C@H]1CC[C@H](C)CC1. The van der Waals surface area contributed by atoms with Gasteiger partial charge < -0.3 is 9.47 Å². The van der Waals surface area contributed by atoms with E-state index in [1.165, 1.54) is 31.5 Å². The first-order valence-electron chi connectivity index (χ1n) is 6.33. The van der Waals surface area contributed by atoms with Crippen LogP contribution in [-0.4, -0.2) is 28.5 Å². The maximum atomic E-state index is 4.47. The van der Waals surface area contributed by atoms with Gasteiger partial charge in [-0.3, -0.25) is 0 Å². The van der Waals surface area contributed by atoms with Crippen LogP contribution in [0.1, 0.15) is 44.5 Å². The van der Waals surface area contributed by atoms with E-state index < -0.39 is 0 Å². The topological polar surface area (TPSA) is 21.1 Å². The molecule has 0 atom stereocenters. The summed E-state index contributed by atoms with van der Waals surface area (Å²) in [4.78, 5) is 6.66. The molecule has 1 heterocycles. The largest absolute Gasteiger partial charge is 0.331 e. The molecule has 0 bridgehead atoms. The Morgan fingerprint density at radius 1 is 1.31 bits per heavy atom. The zero-order chi connectivity index (χ0) is 11.5. The molecule has 3 heteroatoms. The zero-order valence-corrected chi connectivity index (χ0v) is 10.7. The van der Waals surface area contributed by atoms with Gasteiger partial charge >= 0.3 is 0 Å². The summed E-state index contributed by atoms with van der Waals surface area (Å²) in [5.74, 6) is 2.13. The van der Waals surface area contributed by atoms with Crippen LogP contribution < -0.4 is 0 Å². The summed E-state index contributed by atoms with van der Waals surface area (Å²) in [7, 11) is 4.20. The molecule has 0 amide bonds. The molecule has 1 aliphatic rings. The summed E-state index contributed by atoms with van der Waals surface area (Å²) in [6.07, 6.45) is 9.46. The fourth-order valence-corrected chi connectivity index (χ4v) is 2.60. The van der Waals surface area contributed by atoms with Crippen molar-refractivity contribution < 1.29 is 0 Å². The lowest BCUT2D eigenvalue weighted by Gasteiger charge is -2.28. The van der Waals surface area contributed by atoms with Crippen molar-refractivity contribution in [3.63, 3.8) is 0 Å². The summed E-state index contributed by atoms with van der Waals surface area (Å²) in [5, 5.41) is 0. The monoisotopic (exact) mass is 221 g/mol. The van der Waals surface area contributed by atoms with Gasteiger partial charge in [-0.2, -0.15) is 0 Å². The molecule has 0 spiro atoms. The van der Waals surface area contributed by atoms with Gasteiger partial charge in [-0.05, 0) is 45.7 Å². The number of nitrogens with zero attached hydrogens (tertiary/aromatic N) is 3. The zero-order valence-electron chi connectivity index (χ0n) is 10.7. The molecular formula is C13H23N3. The highest BCUT2D eigenvalue weighted by molar-refractivity contribution is 4.96. The molecule has 0 unspecified atom stereocenters. The standard InChI is InChI=1S/C13H23N3/c1-11-4-6-12(7-5-11)16-9-8-14-13(16)10-15(2)3/h8-9,11-12H,4-7,10H2,1-3H3/t11-,12-. The van der Waals surface area contributed by atoms with E-state index in [2.05, 4.69) is 41.7 Å². The predicted octanol–water partition coefficient (Wildman–Crippen LogP) is 2.70. The van der Waals surface area contributed by atoms with Crippen molar-refractivity contribution in [1.29, 1.82) is 0 Å². The van der Waals surface area contributed by atoms with E-state index in [0.29, 0.717) is 6.04 Å². The first-order chi connectivity index (χ1) is 7.66. The maximum absolute atomic E-state index is 4.47. The van der Waals surface area contributed by atoms with Gasteiger partial charge in [-0.15, -0.1) is 0 Å². The second kappa shape index (κ2) is 5.00. The first-order valence-corrected chi connectivity index (χ1v) is 6.33. The van der Waals surface area contributed by atoms with E-state index in [1.807, 2.05) is 6.20 Å². The molecule has 1 fully saturated rings. The summed E-state index contributed by atoms with van der Waals surface area (Å²) >= 11 is 0. The molecule has 1 aromatic heterocycles. The van der Waals surface area contributed by atoms with Crippen molar-refractivity contribution in [2.45, 2.75) is 45.2 Å². The van der Waals surface area contributed by atoms with Gasteiger partial charge in [0, 0.05) is 18.4 Å². The smallest absolute Gasteiger partial charge is 0.123 e. The molecule has 0 aromatic carbocycles. The van der Waals surface area contributed by atoms with Gasteiger partial charge in [-0.1, -0.05) is 6.92 Å². The van der Waals surface area contributed by atoms with Crippen LogP contribution in [0.25, 0.3) is 0 Å². The van der Waals surface area contributed by atoms with E-state index in [-0.39, 0.29) is 0 Å². The van der Waals surface area contributed by atoms with Crippen molar-refractivity contribution in [2.75, 3.05) is 14.1 Å². The highest BCUT2D eigenvalue weighted by Gasteiger charge is 2.21. The van der Waals surface area contributed by atoms with Gasteiger partial charge in [0.1, 0.15) is 5.82 Å². The van der Waals surface area contributed by atoms with E-state index in [9.17, 15) is 0 Å². The molecule has 2 rings (SSSR count).